The molecule has 1 saturated carbocycles. The minimum absolute atomic E-state index is 0.119. The van der Waals surface area contributed by atoms with Gasteiger partial charge in [-0.2, -0.15) is 0 Å². The van der Waals surface area contributed by atoms with Crippen molar-refractivity contribution in [2.75, 3.05) is 6.61 Å². The van der Waals surface area contributed by atoms with Crippen LogP contribution in [0.2, 0.25) is 0 Å². The molecule has 1 aromatic heterocycles. The highest BCUT2D eigenvalue weighted by atomic mass is 19.1. The molecule has 0 radical (unpaired) electrons. The molecule has 0 amide bonds. The summed E-state index contributed by atoms with van der Waals surface area (Å²) in [7, 11) is 0. The Morgan fingerprint density at radius 3 is 2.94 bits per heavy atom. The fourth-order valence-electron chi connectivity index (χ4n) is 1.43. The molecule has 1 aromatic rings. The van der Waals surface area contributed by atoms with Gasteiger partial charge < -0.3 is 5.11 Å². The van der Waals surface area contributed by atoms with E-state index < -0.39 is 23.5 Å². The van der Waals surface area contributed by atoms with Crippen LogP contribution in [-0.2, 0) is 0 Å². The molecule has 0 aromatic carbocycles. The molecule has 1 fully saturated rings. The van der Waals surface area contributed by atoms with Gasteiger partial charge in [-0.1, -0.05) is 0 Å². The van der Waals surface area contributed by atoms with E-state index in [0.717, 1.165) is 4.57 Å². The quantitative estimate of drug-likeness (QED) is 0.732. The number of aryl methyl sites for hydroxylation is 1. The molecule has 1 unspecified atom stereocenters. The highest BCUT2D eigenvalue weighted by molar-refractivity contribution is 5.49. The summed E-state index contributed by atoms with van der Waals surface area (Å²) in [5, 5.41) is 8.72. The molecule has 1 aliphatic rings. The molecular formula is C10H11FN2O3. The summed E-state index contributed by atoms with van der Waals surface area (Å²) in [6.45, 7) is 0.963. The van der Waals surface area contributed by atoms with Crippen LogP contribution in [0.3, 0.4) is 0 Å². The topological polar surface area (TPSA) is 75.1 Å². The van der Waals surface area contributed by atoms with Gasteiger partial charge in [0.15, 0.2) is 5.67 Å². The predicted molar refractivity (Wildman–Crippen MR) is 55.9 cm³/mol. The third-order valence-corrected chi connectivity index (χ3v) is 2.61. The van der Waals surface area contributed by atoms with Gasteiger partial charge in [-0.05, 0) is 12.5 Å². The maximum absolute atomic E-state index is 13.4. The standard InChI is InChI=1S/C10H11FN2O3/c1-6-3-13(9(16)12-8(6)15)4-7-2-10(7,11)5-14/h3-4,14H,2,5H2,1H3,(H,12,15,16)/b7-4-. The minimum atomic E-state index is -1.69. The molecule has 1 aliphatic carbocycles. The SMILES string of the molecule is Cc1cn(/C=C2/CC2(F)CO)c(=O)[nH]c1=O. The Balaban J connectivity index is 2.42. The zero-order valence-corrected chi connectivity index (χ0v) is 8.66. The van der Waals surface area contributed by atoms with E-state index in [1.54, 1.807) is 6.92 Å². The highest BCUT2D eigenvalue weighted by Crippen LogP contribution is 2.46. The fourth-order valence-corrected chi connectivity index (χ4v) is 1.43. The number of rotatable bonds is 2. The van der Waals surface area contributed by atoms with Crippen LogP contribution in [0.25, 0.3) is 6.20 Å². The summed E-state index contributed by atoms with van der Waals surface area (Å²) < 4.78 is 14.5. The van der Waals surface area contributed by atoms with E-state index in [0.29, 0.717) is 11.1 Å². The van der Waals surface area contributed by atoms with Gasteiger partial charge in [-0.25, -0.2) is 9.18 Å². The molecule has 16 heavy (non-hydrogen) atoms. The maximum atomic E-state index is 13.4. The summed E-state index contributed by atoms with van der Waals surface area (Å²) in [6, 6.07) is 0. The summed E-state index contributed by atoms with van der Waals surface area (Å²) in [4.78, 5) is 24.5. The maximum Gasteiger partial charge on any atom is 0.332 e. The first kappa shape index (κ1) is 10.8. The average molecular weight is 226 g/mol. The zero-order valence-electron chi connectivity index (χ0n) is 8.66. The second-order valence-corrected chi connectivity index (χ2v) is 3.93. The summed E-state index contributed by atoms with van der Waals surface area (Å²) in [6.07, 6.45) is 2.76. The van der Waals surface area contributed by atoms with Crippen molar-refractivity contribution in [3.05, 3.63) is 38.2 Å². The van der Waals surface area contributed by atoms with Gasteiger partial charge in [-0.15, -0.1) is 0 Å². The number of H-pyrrole nitrogens is 1. The van der Waals surface area contributed by atoms with E-state index in [1.807, 2.05) is 0 Å². The minimum Gasteiger partial charge on any atom is -0.393 e. The molecule has 0 aliphatic heterocycles. The van der Waals surface area contributed by atoms with Gasteiger partial charge in [0.1, 0.15) is 0 Å². The van der Waals surface area contributed by atoms with E-state index >= 15 is 0 Å². The number of aliphatic hydroxyl groups is 1. The van der Waals surface area contributed by atoms with E-state index in [-0.39, 0.29) is 6.42 Å². The van der Waals surface area contributed by atoms with E-state index in [1.165, 1.54) is 12.4 Å². The Morgan fingerprint density at radius 2 is 2.38 bits per heavy atom. The number of hydrogen-bond donors (Lipinski definition) is 2. The van der Waals surface area contributed by atoms with Crippen LogP contribution in [-0.4, -0.2) is 26.9 Å². The van der Waals surface area contributed by atoms with Crippen LogP contribution in [0, 0.1) is 6.92 Å². The number of aromatic nitrogens is 2. The van der Waals surface area contributed by atoms with Crippen LogP contribution in [0.5, 0.6) is 0 Å². The van der Waals surface area contributed by atoms with E-state index in [2.05, 4.69) is 4.98 Å². The van der Waals surface area contributed by atoms with E-state index in [4.69, 9.17) is 5.11 Å². The smallest absolute Gasteiger partial charge is 0.332 e. The van der Waals surface area contributed by atoms with Crippen molar-refractivity contribution in [2.24, 2.45) is 0 Å². The van der Waals surface area contributed by atoms with Crippen LogP contribution in [0.15, 0.2) is 21.4 Å². The predicted octanol–water partition coefficient (Wildman–Crippen LogP) is -0.210. The average Bonchev–Trinajstić information content (AvgIpc) is 2.87. The first-order valence-corrected chi connectivity index (χ1v) is 4.79. The summed E-state index contributed by atoms with van der Waals surface area (Å²) in [5.41, 5.74) is -2.04. The lowest BCUT2D eigenvalue weighted by molar-refractivity contribution is 0.170. The number of aromatic amines is 1. The number of aliphatic hydroxyl groups excluding tert-OH is 1. The van der Waals surface area contributed by atoms with Gasteiger partial charge in [-0.3, -0.25) is 14.3 Å². The van der Waals surface area contributed by atoms with Crippen molar-refractivity contribution in [1.29, 1.82) is 0 Å². The number of halogens is 1. The molecule has 1 atom stereocenters. The molecule has 2 N–H and O–H groups in total. The van der Waals surface area contributed by atoms with Gasteiger partial charge in [0.2, 0.25) is 0 Å². The van der Waals surface area contributed by atoms with Crippen LogP contribution in [0.1, 0.15) is 12.0 Å². The number of nitrogens with one attached hydrogen (secondary N) is 1. The molecule has 6 heteroatoms. The Labute approximate surface area is 89.9 Å². The molecule has 0 spiro atoms. The summed E-state index contributed by atoms with van der Waals surface area (Å²) in [5.74, 6) is 0. The molecule has 0 bridgehead atoms. The Morgan fingerprint density at radius 1 is 1.69 bits per heavy atom. The largest absolute Gasteiger partial charge is 0.393 e. The van der Waals surface area contributed by atoms with Crippen LogP contribution < -0.4 is 11.2 Å². The summed E-state index contributed by atoms with van der Waals surface area (Å²) >= 11 is 0. The lowest BCUT2D eigenvalue weighted by Gasteiger charge is -1.99. The Kier molecular flexibility index (Phi) is 2.31. The van der Waals surface area contributed by atoms with Crippen molar-refractivity contribution >= 4 is 6.20 Å². The molecule has 0 saturated heterocycles. The zero-order chi connectivity index (χ0) is 11.9. The van der Waals surface area contributed by atoms with Gasteiger partial charge in [0.25, 0.3) is 5.56 Å². The Bertz CT molecular complexity index is 572. The number of nitrogens with zero attached hydrogens (tertiary/aromatic N) is 1. The molecular weight excluding hydrogens is 215 g/mol. The lowest BCUT2D eigenvalue weighted by Crippen LogP contribution is -2.28. The van der Waals surface area contributed by atoms with E-state index in [9.17, 15) is 14.0 Å². The highest BCUT2D eigenvalue weighted by Gasteiger charge is 2.49. The van der Waals surface area contributed by atoms with Crippen molar-refractivity contribution < 1.29 is 9.50 Å². The van der Waals surface area contributed by atoms with Crippen molar-refractivity contribution in [3.8, 4) is 0 Å². The van der Waals surface area contributed by atoms with Gasteiger partial charge in [0.05, 0.1) is 6.61 Å². The number of alkyl halides is 1. The molecule has 86 valence electrons. The monoisotopic (exact) mass is 226 g/mol. The number of hydrogen-bond acceptors (Lipinski definition) is 3. The Hall–Kier alpha value is -1.69. The molecule has 2 rings (SSSR count). The van der Waals surface area contributed by atoms with Crippen molar-refractivity contribution in [2.45, 2.75) is 19.0 Å². The lowest BCUT2D eigenvalue weighted by atomic mass is 10.3. The van der Waals surface area contributed by atoms with Gasteiger partial charge in [0, 0.05) is 24.4 Å². The first-order valence-electron chi connectivity index (χ1n) is 4.79. The molecule has 5 nitrogen and oxygen atoms in total. The first-order chi connectivity index (χ1) is 7.46. The van der Waals surface area contributed by atoms with Gasteiger partial charge >= 0.3 is 5.69 Å². The second-order valence-electron chi connectivity index (χ2n) is 3.93. The normalized spacial score (nSPS) is 26.1. The fraction of sp³-hybridized carbons (Fsp3) is 0.400. The molecule has 1 heterocycles. The third-order valence-electron chi connectivity index (χ3n) is 2.61. The second kappa shape index (κ2) is 3.41. The third kappa shape index (κ3) is 1.71. The van der Waals surface area contributed by atoms with Crippen molar-refractivity contribution in [1.82, 2.24) is 9.55 Å². The van der Waals surface area contributed by atoms with Crippen LogP contribution in [0.4, 0.5) is 4.39 Å². The van der Waals surface area contributed by atoms with Crippen molar-refractivity contribution in [3.63, 3.8) is 0 Å². The van der Waals surface area contributed by atoms with Crippen LogP contribution >= 0.6 is 0 Å².